The summed E-state index contributed by atoms with van der Waals surface area (Å²) < 4.78 is 32.6. The minimum Gasteiger partial charge on any atom is -0.378 e. The van der Waals surface area contributed by atoms with Crippen LogP contribution < -0.4 is 11.1 Å². The van der Waals surface area contributed by atoms with E-state index < -0.39 is 17.7 Å². The number of rotatable bonds is 5. The van der Waals surface area contributed by atoms with Crippen LogP contribution in [0.2, 0.25) is 0 Å². The fraction of sp³-hybridized carbons (Fsp3) is 0.533. The molecule has 0 unspecified atom stereocenters. The largest absolute Gasteiger partial charge is 0.378 e. The number of hydrogen-bond donors (Lipinski definition) is 2. The molecule has 3 rings (SSSR count). The van der Waals surface area contributed by atoms with Crippen molar-refractivity contribution in [1.29, 1.82) is 0 Å². The number of imidazole rings is 1. The van der Waals surface area contributed by atoms with E-state index in [2.05, 4.69) is 20.4 Å². The first kappa shape index (κ1) is 18.1. The van der Waals surface area contributed by atoms with Crippen LogP contribution >= 0.6 is 0 Å². The lowest BCUT2D eigenvalue weighted by Gasteiger charge is -2.28. The number of halogens is 2. The summed E-state index contributed by atoms with van der Waals surface area (Å²) in [6.45, 7) is 0.000397. The monoisotopic (exact) mass is 368 g/mol. The molecule has 0 atom stereocenters. The van der Waals surface area contributed by atoms with Crippen LogP contribution in [-0.4, -0.2) is 50.5 Å². The number of nitrogens with two attached hydrogens (primary N) is 1. The Morgan fingerprint density at radius 3 is 2.73 bits per heavy atom. The number of nitrogens with zero attached hydrogens (tertiary/aromatic N) is 4. The molecule has 0 radical (unpaired) electrons. The summed E-state index contributed by atoms with van der Waals surface area (Å²) in [5, 5.41) is 6.61. The number of ether oxygens (including phenoxy) is 1. The number of primary amides is 1. The van der Waals surface area contributed by atoms with Gasteiger partial charge < -0.3 is 15.8 Å². The van der Waals surface area contributed by atoms with Crippen LogP contribution in [0.25, 0.3) is 5.65 Å². The Morgan fingerprint density at radius 2 is 2.12 bits per heavy atom. The Kier molecular flexibility index (Phi) is 4.81. The van der Waals surface area contributed by atoms with Crippen molar-refractivity contribution < 1.29 is 23.1 Å². The van der Waals surface area contributed by atoms with Crippen LogP contribution in [0, 0.1) is 0 Å². The van der Waals surface area contributed by atoms with Crippen molar-refractivity contribution >= 4 is 17.5 Å². The number of alkyl halides is 2. The molecular formula is C15H18F2N6O3. The van der Waals surface area contributed by atoms with Crippen LogP contribution in [-0.2, 0) is 11.3 Å². The van der Waals surface area contributed by atoms with E-state index in [1.54, 1.807) is 0 Å². The summed E-state index contributed by atoms with van der Waals surface area (Å²) in [4.78, 5) is 32.4. The van der Waals surface area contributed by atoms with Crippen molar-refractivity contribution in [3.05, 3.63) is 23.4 Å². The van der Waals surface area contributed by atoms with Gasteiger partial charge in [-0.3, -0.25) is 9.59 Å². The van der Waals surface area contributed by atoms with Gasteiger partial charge in [-0.25, -0.2) is 23.3 Å². The van der Waals surface area contributed by atoms with E-state index in [4.69, 9.17) is 10.5 Å². The van der Waals surface area contributed by atoms with Crippen molar-refractivity contribution in [3.63, 3.8) is 0 Å². The molecule has 1 saturated carbocycles. The van der Waals surface area contributed by atoms with Gasteiger partial charge >= 0.3 is 0 Å². The molecular weight excluding hydrogens is 350 g/mol. The highest BCUT2D eigenvalue weighted by Gasteiger charge is 2.35. The minimum atomic E-state index is -2.68. The number of carbonyl (C=O) groups excluding carboxylic acids is 2. The first-order chi connectivity index (χ1) is 12.3. The van der Waals surface area contributed by atoms with E-state index in [0.29, 0.717) is 0 Å². The predicted molar refractivity (Wildman–Crippen MR) is 84.7 cm³/mol. The Balaban J connectivity index is 1.89. The molecule has 2 amide bonds. The van der Waals surface area contributed by atoms with Gasteiger partial charge in [0.25, 0.3) is 11.8 Å². The van der Waals surface area contributed by atoms with Crippen molar-refractivity contribution in [2.45, 2.75) is 44.3 Å². The zero-order valence-electron chi connectivity index (χ0n) is 14.0. The average molecular weight is 368 g/mol. The molecule has 9 nitrogen and oxygen atoms in total. The zero-order chi connectivity index (χ0) is 18.9. The van der Waals surface area contributed by atoms with Gasteiger partial charge in [0.2, 0.25) is 5.92 Å². The molecule has 2 aromatic rings. The van der Waals surface area contributed by atoms with Gasteiger partial charge in [-0.1, -0.05) is 0 Å². The van der Waals surface area contributed by atoms with Gasteiger partial charge in [-0.05, 0) is 12.8 Å². The summed E-state index contributed by atoms with van der Waals surface area (Å²) in [6.07, 6.45) is 0.905. The molecule has 0 aliphatic heterocycles. The standard InChI is InChI=1S/C15H18F2N6O3/c1-26-6-9-11(12(18)24)23-13(22-9)10(19-7-20-23)14(25)21-8-2-4-15(16,17)5-3-8/h7-8H,2-6H2,1H3,(H2,18,24)(H,21,25). The average Bonchev–Trinajstić information content (AvgIpc) is 2.95. The summed E-state index contributed by atoms with van der Waals surface area (Å²) in [5.41, 5.74) is 5.57. The van der Waals surface area contributed by atoms with Crippen LogP contribution in [0.4, 0.5) is 8.78 Å². The second kappa shape index (κ2) is 6.90. The van der Waals surface area contributed by atoms with Gasteiger partial charge in [0.05, 0.1) is 6.61 Å². The quantitative estimate of drug-likeness (QED) is 0.799. The third kappa shape index (κ3) is 3.47. The number of carbonyl (C=O) groups is 2. The highest BCUT2D eigenvalue weighted by molar-refractivity contribution is 5.99. The summed E-state index contributed by atoms with van der Waals surface area (Å²) in [6, 6.07) is -0.374. The summed E-state index contributed by atoms with van der Waals surface area (Å²) in [7, 11) is 1.42. The van der Waals surface area contributed by atoms with E-state index in [9.17, 15) is 18.4 Å². The number of amides is 2. The molecule has 2 heterocycles. The Bertz CT molecular complexity index is 843. The Labute approximate surface area is 146 Å². The topological polar surface area (TPSA) is 124 Å². The molecule has 0 bridgehead atoms. The van der Waals surface area contributed by atoms with Gasteiger partial charge in [0.15, 0.2) is 17.0 Å². The van der Waals surface area contributed by atoms with E-state index in [-0.39, 0.29) is 61.1 Å². The van der Waals surface area contributed by atoms with Gasteiger partial charge in [0.1, 0.15) is 12.0 Å². The smallest absolute Gasteiger partial charge is 0.274 e. The van der Waals surface area contributed by atoms with Crippen molar-refractivity contribution in [3.8, 4) is 0 Å². The van der Waals surface area contributed by atoms with E-state index in [0.717, 1.165) is 10.8 Å². The highest BCUT2D eigenvalue weighted by atomic mass is 19.3. The molecule has 26 heavy (non-hydrogen) atoms. The van der Waals surface area contributed by atoms with E-state index >= 15 is 0 Å². The molecule has 140 valence electrons. The van der Waals surface area contributed by atoms with Crippen LogP contribution in [0.15, 0.2) is 6.33 Å². The molecule has 2 aromatic heterocycles. The van der Waals surface area contributed by atoms with Crippen LogP contribution in [0.5, 0.6) is 0 Å². The SMILES string of the molecule is COCc1nc2c(C(=O)NC3CCC(F)(F)CC3)ncnn2c1C(N)=O. The lowest BCUT2D eigenvalue weighted by molar-refractivity contribution is -0.0399. The van der Waals surface area contributed by atoms with Gasteiger partial charge in [-0.2, -0.15) is 5.10 Å². The van der Waals surface area contributed by atoms with E-state index in [1.165, 1.54) is 7.11 Å². The predicted octanol–water partition coefficient (Wildman–Crippen LogP) is 0.677. The van der Waals surface area contributed by atoms with Crippen LogP contribution in [0.3, 0.4) is 0 Å². The molecule has 1 fully saturated rings. The first-order valence-corrected chi connectivity index (χ1v) is 8.02. The van der Waals surface area contributed by atoms with E-state index in [1.807, 2.05) is 0 Å². The Hall–Kier alpha value is -2.69. The highest BCUT2D eigenvalue weighted by Crippen LogP contribution is 2.33. The number of hydrogen-bond acceptors (Lipinski definition) is 6. The number of fused-ring (bicyclic) bond motifs is 1. The second-order valence-corrected chi connectivity index (χ2v) is 6.15. The fourth-order valence-electron chi connectivity index (χ4n) is 3.00. The minimum absolute atomic E-state index is 0.000397. The molecule has 3 N–H and O–H groups in total. The molecule has 0 aromatic carbocycles. The Morgan fingerprint density at radius 1 is 1.42 bits per heavy atom. The molecule has 1 aliphatic rings. The maximum absolute atomic E-state index is 13.2. The molecule has 1 aliphatic carbocycles. The number of methoxy groups -OCH3 is 1. The van der Waals surface area contributed by atoms with Crippen molar-refractivity contribution in [2.24, 2.45) is 5.73 Å². The summed E-state index contributed by atoms with van der Waals surface area (Å²) >= 11 is 0. The number of nitrogens with one attached hydrogen (secondary N) is 1. The maximum atomic E-state index is 13.2. The first-order valence-electron chi connectivity index (χ1n) is 8.02. The zero-order valence-corrected chi connectivity index (χ0v) is 14.0. The van der Waals surface area contributed by atoms with Gasteiger partial charge in [0, 0.05) is 26.0 Å². The molecule has 0 saturated heterocycles. The normalized spacial score (nSPS) is 17.3. The lowest BCUT2D eigenvalue weighted by Crippen LogP contribution is -2.40. The summed E-state index contributed by atoms with van der Waals surface area (Å²) in [5.74, 6) is -4.03. The van der Waals surface area contributed by atoms with Crippen LogP contribution in [0.1, 0.15) is 52.4 Å². The molecule has 11 heteroatoms. The number of aromatic nitrogens is 4. The lowest BCUT2D eigenvalue weighted by atomic mass is 9.92. The third-order valence-corrected chi connectivity index (χ3v) is 4.27. The molecule has 0 spiro atoms. The van der Waals surface area contributed by atoms with Crippen molar-refractivity contribution in [1.82, 2.24) is 24.9 Å². The van der Waals surface area contributed by atoms with Crippen molar-refractivity contribution in [2.75, 3.05) is 7.11 Å². The third-order valence-electron chi connectivity index (χ3n) is 4.27. The second-order valence-electron chi connectivity index (χ2n) is 6.15. The maximum Gasteiger partial charge on any atom is 0.274 e. The van der Waals surface area contributed by atoms with Gasteiger partial charge in [-0.15, -0.1) is 0 Å². The fourth-order valence-corrected chi connectivity index (χ4v) is 3.00.